The van der Waals surface area contributed by atoms with E-state index in [0.29, 0.717) is 38.9 Å². The summed E-state index contributed by atoms with van der Waals surface area (Å²) in [5, 5.41) is 0. The van der Waals surface area contributed by atoms with Gasteiger partial charge in [0.2, 0.25) is 5.91 Å². The Labute approximate surface area is 178 Å². The van der Waals surface area contributed by atoms with E-state index in [0.717, 1.165) is 38.1 Å². The molecule has 3 heterocycles. The fraction of sp³-hybridized carbons (Fsp3) is 0.652. The van der Waals surface area contributed by atoms with Crippen LogP contribution in [0.4, 0.5) is 4.79 Å². The van der Waals surface area contributed by atoms with E-state index in [1.165, 1.54) is 29.7 Å². The van der Waals surface area contributed by atoms with Crippen LogP contribution in [0, 0.1) is 0 Å². The Balaban J connectivity index is 1.44. The average molecular weight is 416 g/mol. The number of carbonyl (C=O) groups excluding carboxylic acids is 2. The number of carbonyl (C=O) groups is 2. The number of hydrogen-bond acceptors (Lipinski definition) is 5. The summed E-state index contributed by atoms with van der Waals surface area (Å²) in [7, 11) is 0. The van der Waals surface area contributed by atoms with E-state index in [9.17, 15) is 9.59 Å². The highest BCUT2D eigenvalue weighted by Gasteiger charge is 2.28. The smallest absolute Gasteiger partial charge is 0.410 e. The Morgan fingerprint density at radius 1 is 0.967 bits per heavy atom. The zero-order valence-corrected chi connectivity index (χ0v) is 17.8. The first kappa shape index (κ1) is 21.0. The predicted octanol–water partition coefficient (Wildman–Crippen LogP) is 2.54. The molecule has 0 saturated carbocycles. The third kappa shape index (κ3) is 5.45. The van der Waals surface area contributed by atoms with Gasteiger partial charge in [-0.05, 0) is 56.3 Å². The number of ether oxygens (including phenoxy) is 2. The van der Waals surface area contributed by atoms with Crippen molar-refractivity contribution in [3.05, 3.63) is 29.8 Å². The summed E-state index contributed by atoms with van der Waals surface area (Å²) < 4.78 is 10.9. The van der Waals surface area contributed by atoms with Crippen molar-refractivity contribution < 1.29 is 19.1 Å². The molecule has 3 aliphatic rings. The second kappa shape index (κ2) is 10.2. The molecular formula is C23H33N3O4. The minimum absolute atomic E-state index is 0.00324. The van der Waals surface area contributed by atoms with Gasteiger partial charge in [-0.3, -0.25) is 14.6 Å². The van der Waals surface area contributed by atoms with Crippen molar-refractivity contribution in [2.75, 3.05) is 52.5 Å². The summed E-state index contributed by atoms with van der Waals surface area (Å²) in [6.07, 6.45) is 6.31. The van der Waals surface area contributed by atoms with Gasteiger partial charge in [0, 0.05) is 25.7 Å². The van der Waals surface area contributed by atoms with Crippen LogP contribution in [0.5, 0.6) is 5.75 Å². The van der Waals surface area contributed by atoms with Gasteiger partial charge in [0.15, 0.2) is 0 Å². The van der Waals surface area contributed by atoms with Crippen LogP contribution < -0.4 is 4.74 Å². The SMILES string of the molecule is O=C(CN1CCOC1=O)N1CCCOc2cccc(c2)CCC2CCCCN2CC1. The molecule has 0 spiro atoms. The lowest BCUT2D eigenvalue weighted by molar-refractivity contribution is -0.132. The van der Waals surface area contributed by atoms with E-state index < -0.39 is 0 Å². The number of benzene rings is 1. The fourth-order valence-electron chi connectivity index (χ4n) is 4.69. The van der Waals surface area contributed by atoms with Crippen LogP contribution in [0.2, 0.25) is 0 Å². The van der Waals surface area contributed by atoms with Crippen molar-refractivity contribution >= 4 is 12.0 Å². The van der Waals surface area contributed by atoms with Gasteiger partial charge in [0.1, 0.15) is 18.9 Å². The van der Waals surface area contributed by atoms with Crippen molar-refractivity contribution in [3.8, 4) is 5.75 Å². The molecule has 2 amide bonds. The van der Waals surface area contributed by atoms with E-state index in [4.69, 9.17) is 9.47 Å². The maximum atomic E-state index is 13.0. The highest BCUT2D eigenvalue weighted by molar-refractivity contribution is 5.82. The minimum Gasteiger partial charge on any atom is -0.494 e. The molecule has 0 N–H and O–H groups in total. The maximum absolute atomic E-state index is 13.0. The summed E-state index contributed by atoms with van der Waals surface area (Å²) >= 11 is 0. The van der Waals surface area contributed by atoms with Crippen molar-refractivity contribution in [1.29, 1.82) is 0 Å². The van der Waals surface area contributed by atoms with Crippen molar-refractivity contribution in [2.24, 2.45) is 0 Å². The number of aryl methyl sites for hydroxylation is 1. The normalized spacial score (nSPS) is 23.9. The number of hydrogen-bond donors (Lipinski definition) is 0. The number of amides is 2. The Morgan fingerprint density at radius 2 is 1.90 bits per heavy atom. The van der Waals surface area contributed by atoms with E-state index in [1.807, 2.05) is 11.0 Å². The van der Waals surface area contributed by atoms with Gasteiger partial charge in [0.25, 0.3) is 0 Å². The van der Waals surface area contributed by atoms with Crippen molar-refractivity contribution in [2.45, 2.75) is 44.6 Å². The number of piperidine rings is 1. The second-order valence-electron chi connectivity index (χ2n) is 8.49. The molecule has 0 aromatic heterocycles. The van der Waals surface area contributed by atoms with Gasteiger partial charge in [-0.2, -0.15) is 0 Å². The third-order valence-electron chi connectivity index (χ3n) is 6.44. The van der Waals surface area contributed by atoms with Crippen LogP contribution in [0.15, 0.2) is 24.3 Å². The van der Waals surface area contributed by atoms with Crippen LogP contribution in [-0.2, 0) is 16.0 Å². The minimum atomic E-state index is -0.384. The monoisotopic (exact) mass is 415 g/mol. The summed E-state index contributed by atoms with van der Waals surface area (Å²) in [6, 6.07) is 8.98. The Morgan fingerprint density at radius 3 is 2.77 bits per heavy atom. The molecule has 1 aromatic carbocycles. The zero-order chi connectivity index (χ0) is 20.8. The first-order chi connectivity index (χ1) is 14.7. The molecule has 2 saturated heterocycles. The van der Waals surface area contributed by atoms with Gasteiger partial charge in [0.05, 0.1) is 13.2 Å². The summed E-state index contributed by atoms with van der Waals surface area (Å²) in [5.74, 6) is 0.902. The molecular weight excluding hydrogens is 382 g/mol. The Kier molecular flexibility index (Phi) is 7.10. The molecule has 164 valence electrons. The molecule has 2 bridgehead atoms. The van der Waals surface area contributed by atoms with Crippen LogP contribution >= 0.6 is 0 Å². The van der Waals surface area contributed by atoms with E-state index >= 15 is 0 Å². The van der Waals surface area contributed by atoms with Crippen LogP contribution in [0.3, 0.4) is 0 Å². The van der Waals surface area contributed by atoms with Gasteiger partial charge in [-0.25, -0.2) is 4.79 Å². The van der Waals surface area contributed by atoms with Crippen molar-refractivity contribution in [1.82, 2.24) is 14.7 Å². The van der Waals surface area contributed by atoms with Gasteiger partial charge in [-0.1, -0.05) is 18.6 Å². The molecule has 2 fully saturated rings. The molecule has 0 aliphatic carbocycles. The highest BCUT2D eigenvalue weighted by Crippen LogP contribution is 2.23. The van der Waals surface area contributed by atoms with E-state index in [2.05, 4.69) is 23.1 Å². The maximum Gasteiger partial charge on any atom is 0.410 e. The number of rotatable bonds is 2. The molecule has 7 nitrogen and oxygen atoms in total. The van der Waals surface area contributed by atoms with Crippen LogP contribution in [0.1, 0.15) is 37.7 Å². The molecule has 3 aliphatic heterocycles. The van der Waals surface area contributed by atoms with Crippen LogP contribution in [0.25, 0.3) is 0 Å². The first-order valence-corrected chi connectivity index (χ1v) is 11.3. The Hall–Kier alpha value is -2.28. The number of cyclic esters (lactones) is 1. The lowest BCUT2D eigenvalue weighted by atomic mass is 9.95. The topological polar surface area (TPSA) is 62.3 Å². The van der Waals surface area contributed by atoms with Gasteiger partial charge in [-0.15, -0.1) is 0 Å². The lowest BCUT2D eigenvalue weighted by Crippen LogP contribution is -2.47. The fourth-order valence-corrected chi connectivity index (χ4v) is 4.69. The molecule has 1 aromatic rings. The molecule has 1 atom stereocenters. The van der Waals surface area contributed by atoms with Gasteiger partial charge < -0.3 is 14.4 Å². The molecule has 4 rings (SSSR count). The van der Waals surface area contributed by atoms with E-state index in [1.54, 1.807) is 0 Å². The van der Waals surface area contributed by atoms with Gasteiger partial charge >= 0.3 is 6.09 Å². The molecule has 0 radical (unpaired) electrons. The molecule has 30 heavy (non-hydrogen) atoms. The zero-order valence-electron chi connectivity index (χ0n) is 17.8. The average Bonchev–Trinajstić information content (AvgIpc) is 3.16. The molecule has 7 heteroatoms. The lowest BCUT2D eigenvalue weighted by Gasteiger charge is -2.37. The number of nitrogens with zero attached hydrogens (tertiary/aromatic N) is 3. The molecule has 1 unspecified atom stereocenters. The quantitative estimate of drug-likeness (QED) is 0.743. The standard InChI is InChI=1S/C23H33N3O4/c27-22(18-26-14-16-30-23(26)28)25-11-4-15-29-21-7-3-5-19(17-21)8-9-20-6-1-2-10-24(20)12-13-25/h3,5,7,17,20H,1-2,4,6,8-16,18H2. The van der Waals surface area contributed by atoms with Crippen molar-refractivity contribution in [3.63, 3.8) is 0 Å². The summed E-state index contributed by atoms with van der Waals surface area (Å²) in [4.78, 5) is 30.7. The predicted molar refractivity (Wildman–Crippen MR) is 114 cm³/mol. The third-order valence-corrected chi connectivity index (χ3v) is 6.44. The van der Waals surface area contributed by atoms with E-state index in [-0.39, 0.29) is 18.5 Å². The first-order valence-electron chi connectivity index (χ1n) is 11.3. The summed E-state index contributed by atoms with van der Waals surface area (Å²) in [5.41, 5.74) is 1.34. The van der Waals surface area contributed by atoms with Crippen LogP contribution in [-0.4, -0.2) is 85.2 Å². The summed E-state index contributed by atoms with van der Waals surface area (Å²) in [6.45, 7) is 4.87. The number of fused-ring (bicyclic) bond motifs is 3. The second-order valence-corrected chi connectivity index (χ2v) is 8.49. The Bertz CT molecular complexity index is 741. The highest BCUT2D eigenvalue weighted by atomic mass is 16.6. The largest absolute Gasteiger partial charge is 0.494 e.